The van der Waals surface area contributed by atoms with Crippen molar-refractivity contribution in [3.05, 3.63) is 65.4 Å². The van der Waals surface area contributed by atoms with Gasteiger partial charge in [0, 0.05) is 6.54 Å². The van der Waals surface area contributed by atoms with E-state index in [0.717, 1.165) is 17.8 Å². The number of thiophene rings is 1. The van der Waals surface area contributed by atoms with E-state index >= 15 is 0 Å². The first-order chi connectivity index (χ1) is 11.8. The molecule has 1 aromatic carbocycles. The third kappa shape index (κ3) is 3.41. The zero-order valence-corrected chi connectivity index (χ0v) is 14.0. The fraction of sp³-hybridized carbons (Fsp3) is 0.263. The van der Waals surface area contributed by atoms with Crippen LogP contribution in [0.2, 0.25) is 0 Å². The van der Waals surface area contributed by atoms with Gasteiger partial charge in [-0.05, 0) is 35.3 Å². The van der Waals surface area contributed by atoms with E-state index in [1.54, 1.807) is 17.6 Å². The second kappa shape index (κ2) is 6.61. The van der Waals surface area contributed by atoms with Crippen LogP contribution < -0.4 is 5.32 Å². The van der Waals surface area contributed by atoms with Crippen molar-refractivity contribution in [2.75, 3.05) is 6.54 Å². The summed E-state index contributed by atoms with van der Waals surface area (Å²) in [5.41, 5.74) is 2.04. The number of oxazole rings is 1. The summed E-state index contributed by atoms with van der Waals surface area (Å²) in [4.78, 5) is 17.5. The first-order valence-corrected chi connectivity index (χ1v) is 8.97. The second-order valence-electron chi connectivity index (χ2n) is 6.12. The van der Waals surface area contributed by atoms with Gasteiger partial charge in [0.1, 0.15) is 6.26 Å². The first kappa shape index (κ1) is 15.1. The number of rotatable bonds is 6. The van der Waals surface area contributed by atoms with Crippen molar-refractivity contribution in [2.45, 2.75) is 18.8 Å². The predicted octanol–water partition coefficient (Wildman–Crippen LogP) is 3.87. The normalized spacial score (nSPS) is 19.2. The van der Waals surface area contributed by atoms with Gasteiger partial charge in [0.2, 0.25) is 11.8 Å². The molecule has 0 radical (unpaired) electrons. The van der Waals surface area contributed by atoms with Crippen LogP contribution in [0.1, 0.15) is 23.6 Å². The number of nitrogens with one attached hydrogen (secondary N) is 1. The number of amides is 1. The van der Waals surface area contributed by atoms with Gasteiger partial charge in [0.25, 0.3) is 0 Å². The number of hydrogen-bond acceptors (Lipinski definition) is 4. The van der Waals surface area contributed by atoms with E-state index in [1.165, 1.54) is 5.56 Å². The van der Waals surface area contributed by atoms with Gasteiger partial charge in [-0.1, -0.05) is 36.4 Å². The highest BCUT2D eigenvalue weighted by Gasteiger charge is 2.37. The maximum absolute atomic E-state index is 12.1. The molecule has 1 fully saturated rings. The summed E-state index contributed by atoms with van der Waals surface area (Å²) < 4.78 is 5.44. The highest BCUT2D eigenvalue weighted by Crippen LogP contribution is 2.46. The van der Waals surface area contributed by atoms with E-state index in [2.05, 4.69) is 34.6 Å². The lowest BCUT2D eigenvalue weighted by atomic mass is 10.1. The quantitative estimate of drug-likeness (QED) is 0.742. The minimum Gasteiger partial charge on any atom is -0.444 e. The monoisotopic (exact) mass is 338 g/mol. The third-order valence-electron chi connectivity index (χ3n) is 4.34. The number of carbonyl (C=O) groups is 1. The number of benzene rings is 1. The van der Waals surface area contributed by atoms with Gasteiger partial charge in [-0.15, -0.1) is 11.3 Å². The number of nitrogens with zero attached hydrogens (tertiary/aromatic N) is 1. The van der Waals surface area contributed by atoms with Crippen LogP contribution in [0.3, 0.4) is 0 Å². The maximum Gasteiger partial charge on any atom is 0.236 e. The van der Waals surface area contributed by atoms with Crippen LogP contribution in [0, 0.1) is 5.92 Å². The Hall–Kier alpha value is -2.40. The van der Waals surface area contributed by atoms with Gasteiger partial charge >= 0.3 is 0 Å². The summed E-state index contributed by atoms with van der Waals surface area (Å²) in [6, 6.07) is 14.4. The van der Waals surface area contributed by atoms with Crippen molar-refractivity contribution in [2.24, 2.45) is 5.92 Å². The average molecular weight is 338 g/mol. The Kier molecular flexibility index (Phi) is 4.17. The van der Waals surface area contributed by atoms with Crippen molar-refractivity contribution < 1.29 is 9.21 Å². The van der Waals surface area contributed by atoms with Crippen molar-refractivity contribution in [3.63, 3.8) is 0 Å². The topological polar surface area (TPSA) is 55.1 Å². The van der Waals surface area contributed by atoms with E-state index < -0.39 is 0 Å². The minimum absolute atomic E-state index is 0.000240. The lowest BCUT2D eigenvalue weighted by Crippen LogP contribution is -2.27. The van der Waals surface area contributed by atoms with E-state index in [4.69, 9.17) is 4.42 Å². The maximum atomic E-state index is 12.1. The molecule has 2 heterocycles. The molecule has 0 saturated heterocycles. The Labute approximate surface area is 144 Å². The molecule has 4 nitrogen and oxygen atoms in total. The number of carbonyl (C=O) groups excluding carboxylic acids is 1. The lowest BCUT2D eigenvalue weighted by molar-refractivity contribution is -0.120. The molecule has 5 heteroatoms. The third-order valence-corrected chi connectivity index (χ3v) is 5.19. The molecule has 4 rings (SSSR count). The van der Waals surface area contributed by atoms with Crippen LogP contribution in [0.25, 0.3) is 10.8 Å². The molecule has 3 aromatic rings. The molecule has 0 spiro atoms. The number of aromatic nitrogens is 1. The fourth-order valence-corrected chi connectivity index (χ4v) is 3.61. The predicted molar refractivity (Wildman–Crippen MR) is 93.8 cm³/mol. The Bertz CT molecular complexity index is 811. The van der Waals surface area contributed by atoms with Crippen molar-refractivity contribution >= 4 is 17.2 Å². The van der Waals surface area contributed by atoms with Crippen LogP contribution in [0.15, 0.2) is 58.5 Å². The summed E-state index contributed by atoms with van der Waals surface area (Å²) in [7, 11) is 0. The Morgan fingerprint density at radius 1 is 1.25 bits per heavy atom. The SMILES string of the molecule is O=C(Cc1coc(-c2cccs2)n1)NC[C@H]1C[C@@H]1c1ccccc1. The summed E-state index contributed by atoms with van der Waals surface area (Å²) >= 11 is 1.57. The highest BCUT2D eigenvalue weighted by molar-refractivity contribution is 7.13. The second-order valence-corrected chi connectivity index (χ2v) is 7.06. The molecular formula is C19H18N2O2S. The van der Waals surface area contributed by atoms with Crippen molar-refractivity contribution in [1.82, 2.24) is 10.3 Å². The van der Waals surface area contributed by atoms with Gasteiger partial charge in [-0.2, -0.15) is 0 Å². The molecule has 122 valence electrons. The lowest BCUT2D eigenvalue weighted by Gasteiger charge is -2.03. The van der Waals surface area contributed by atoms with Crippen LogP contribution in [-0.2, 0) is 11.2 Å². The van der Waals surface area contributed by atoms with E-state index in [1.807, 2.05) is 23.6 Å². The standard InChI is InChI=1S/C19H18N2O2S/c22-18(10-15-12-23-19(21-15)17-7-4-8-24-17)20-11-14-9-16(14)13-5-2-1-3-6-13/h1-8,12,14,16H,9-11H2,(H,20,22)/t14-,16-/m1/s1. The molecule has 1 aliphatic carbocycles. The highest BCUT2D eigenvalue weighted by atomic mass is 32.1. The molecule has 1 N–H and O–H groups in total. The van der Waals surface area contributed by atoms with Gasteiger partial charge in [-0.3, -0.25) is 4.79 Å². The zero-order valence-electron chi connectivity index (χ0n) is 13.1. The molecule has 2 aromatic heterocycles. The molecule has 1 saturated carbocycles. The summed E-state index contributed by atoms with van der Waals surface area (Å²) in [6.45, 7) is 0.730. The Balaban J connectivity index is 1.26. The fourth-order valence-electron chi connectivity index (χ4n) is 2.96. The minimum atomic E-state index is -0.000240. The van der Waals surface area contributed by atoms with Crippen LogP contribution in [-0.4, -0.2) is 17.4 Å². The Morgan fingerprint density at radius 3 is 2.92 bits per heavy atom. The smallest absolute Gasteiger partial charge is 0.236 e. The van der Waals surface area contributed by atoms with Crippen LogP contribution in [0.4, 0.5) is 0 Å². The van der Waals surface area contributed by atoms with Gasteiger partial charge < -0.3 is 9.73 Å². The van der Waals surface area contributed by atoms with Gasteiger partial charge in [0.15, 0.2) is 0 Å². The summed E-state index contributed by atoms with van der Waals surface area (Å²) in [5, 5.41) is 5.00. The zero-order chi connectivity index (χ0) is 16.4. The molecule has 1 aliphatic rings. The molecule has 2 atom stereocenters. The van der Waals surface area contributed by atoms with Gasteiger partial charge in [-0.25, -0.2) is 4.98 Å². The van der Waals surface area contributed by atoms with E-state index in [-0.39, 0.29) is 12.3 Å². The molecule has 0 aliphatic heterocycles. The largest absolute Gasteiger partial charge is 0.444 e. The number of hydrogen-bond donors (Lipinski definition) is 1. The molecule has 0 unspecified atom stereocenters. The van der Waals surface area contributed by atoms with Crippen LogP contribution in [0.5, 0.6) is 0 Å². The molecular weight excluding hydrogens is 320 g/mol. The van der Waals surface area contributed by atoms with Crippen molar-refractivity contribution in [3.8, 4) is 10.8 Å². The van der Waals surface area contributed by atoms with Crippen molar-refractivity contribution in [1.29, 1.82) is 0 Å². The van der Waals surface area contributed by atoms with Gasteiger partial charge in [0.05, 0.1) is 17.0 Å². The first-order valence-electron chi connectivity index (χ1n) is 8.09. The summed E-state index contributed by atoms with van der Waals surface area (Å²) in [6.07, 6.45) is 2.98. The molecule has 24 heavy (non-hydrogen) atoms. The molecule has 0 bridgehead atoms. The average Bonchev–Trinajstić information content (AvgIpc) is 2.99. The molecule has 1 amide bonds. The summed E-state index contributed by atoms with van der Waals surface area (Å²) in [5.74, 6) is 1.72. The van der Waals surface area contributed by atoms with E-state index in [9.17, 15) is 4.79 Å². The van der Waals surface area contributed by atoms with E-state index in [0.29, 0.717) is 23.4 Å². The Morgan fingerprint density at radius 2 is 2.12 bits per heavy atom. The van der Waals surface area contributed by atoms with Crippen LogP contribution >= 0.6 is 11.3 Å².